The third-order valence-corrected chi connectivity index (χ3v) is 5.15. The normalized spacial score (nSPS) is 12.2. The summed E-state index contributed by atoms with van der Waals surface area (Å²) in [5.41, 5.74) is 2.32. The van der Waals surface area contributed by atoms with Crippen LogP contribution < -0.4 is 10.1 Å². The fraction of sp³-hybridized carbons (Fsp3) is 0.217. The first kappa shape index (κ1) is 22.0. The molecule has 0 aliphatic rings. The van der Waals surface area contributed by atoms with E-state index in [0.29, 0.717) is 11.6 Å². The molecule has 2 N–H and O–H groups in total. The van der Waals surface area contributed by atoms with Gasteiger partial charge in [0.2, 0.25) is 11.8 Å². The molecule has 32 heavy (non-hydrogen) atoms. The molecule has 0 spiro atoms. The summed E-state index contributed by atoms with van der Waals surface area (Å²) in [6, 6.07) is 12.2. The summed E-state index contributed by atoms with van der Waals surface area (Å²) in [4.78, 5) is 11.9. The van der Waals surface area contributed by atoms with Gasteiger partial charge in [-0.1, -0.05) is 38.4 Å². The van der Waals surface area contributed by atoms with Gasteiger partial charge in [0.1, 0.15) is 11.4 Å². The van der Waals surface area contributed by atoms with E-state index in [9.17, 15) is 13.2 Å². The highest BCUT2D eigenvalue weighted by Crippen LogP contribution is 2.38. The van der Waals surface area contributed by atoms with Gasteiger partial charge in [-0.05, 0) is 53.4 Å². The van der Waals surface area contributed by atoms with Crippen LogP contribution in [0.2, 0.25) is 5.02 Å². The number of ether oxygens (including phenoxy) is 1. The Kier molecular flexibility index (Phi) is 5.50. The molecule has 2 heterocycles. The van der Waals surface area contributed by atoms with Gasteiger partial charge < -0.3 is 15.0 Å². The van der Waals surface area contributed by atoms with Crippen LogP contribution in [0, 0.1) is 0 Å². The van der Waals surface area contributed by atoms with Gasteiger partial charge in [0.15, 0.2) is 0 Å². The molecule has 0 unspecified atom stereocenters. The molecule has 0 saturated heterocycles. The maximum absolute atomic E-state index is 13.1. The van der Waals surface area contributed by atoms with Crippen molar-refractivity contribution < 1.29 is 17.9 Å². The number of aromatic amines is 1. The summed E-state index contributed by atoms with van der Waals surface area (Å²) >= 11 is 6.05. The molecule has 0 radical (unpaired) electrons. The highest BCUT2D eigenvalue weighted by atomic mass is 35.5. The Labute approximate surface area is 187 Å². The summed E-state index contributed by atoms with van der Waals surface area (Å²) in [6.45, 7) is 6.38. The predicted octanol–water partition coefficient (Wildman–Crippen LogP) is 7.46. The Morgan fingerprint density at radius 1 is 1.00 bits per heavy atom. The topological polar surface area (TPSA) is 62.8 Å². The lowest BCUT2D eigenvalue weighted by Gasteiger charge is -2.18. The Balaban J connectivity index is 1.64. The maximum atomic E-state index is 13.1. The molecular formula is C23H20ClF3N4O. The first-order valence-corrected chi connectivity index (χ1v) is 10.2. The van der Waals surface area contributed by atoms with Crippen LogP contribution in [0.5, 0.6) is 11.6 Å². The number of alkyl halides is 3. The van der Waals surface area contributed by atoms with Gasteiger partial charge >= 0.3 is 6.18 Å². The summed E-state index contributed by atoms with van der Waals surface area (Å²) in [5, 5.41) is 3.12. The molecule has 0 bridgehead atoms. The van der Waals surface area contributed by atoms with Crippen molar-refractivity contribution in [1.82, 2.24) is 15.0 Å². The van der Waals surface area contributed by atoms with Crippen LogP contribution in [-0.2, 0) is 11.6 Å². The van der Waals surface area contributed by atoms with Crippen molar-refractivity contribution in [1.29, 1.82) is 0 Å². The molecule has 0 aliphatic carbocycles. The molecule has 4 rings (SSSR count). The minimum absolute atomic E-state index is 0.0124. The molecule has 166 valence electrons. The van der Waals surface area contributed by atoms with Crippen molar-refractivity contribution in [2.75, 3.05) is 5.32 Å². The number of benzene rings is 2. The van der Waals surface area contributed by atoms with Crippen molar-refractivity contribution in [3.05, 3.63) is 70.9 Å². The van der Waals surface area contributed by atoms with Crippen molar-refractivity contribution >= 4 is 34.3 Å². The molecule has 0 saturated carbocycles. The second-order valence-corrected chi connectivity index (χ2v) is 8.70. The van der Waals surface area contributed by atoms with Crippen LogP contribution >= 0.6 is 11.6 Å². The van der Waals surface area contributed by atoms with E-state index in [-0.39, 0.29) is 22.1 Å². The van der Waals surface area contributed by atoms with Gasteiger partial charge in [0, 0.05) is 6.20 Å². The average molecular weight is 461 g/mol. The molecule has 0 amide bonds. The highest BCUT2D eigenvalue weighted by Gasteiger charge is 2.31. The van der Waals surface area contributed by atoms with E-state index < -0.39 is 11.7 Å². The molecule has 0 fully saturated rings. The molecule has 9 heteroatoms. The number of pyridine rings is 1. The van der Waals surface area contributed by atoms with Gasteiger partial charge in [-0.2, -0.15) is 13.2 Å². The molecule has 4 aromatic rings. The lowest BCUT2D eigenvalue weighted by atomic mass is 9.87. The minimum Gasteiger partial charge on any atom is -0.435 e. The number of hydrogen-bond acceptors (Lipinski definition) is 4. The number of rotatable bonds is 4. The Morgan fingerprint density at radius 2 is 1.75 bits per heavy atom. The fourth-order valence-corrected chi connectivity index (χ4v) is 3.25. The number of fused-ring (bicyclic) bond motifs is 1. The van der Waals surface area contributed by atoms with Crippen molar-refractivity contribution in [2.24, 2.45) is 0 Å². The lowest BCUT2D eigenvalue weighted by Crippen LogP contribution is -2.10. The number of imidazole rings is 1. The first-order chi connectivity index (χ1) is 15.0. The number of halogens is 4. The fourth-order valence-electron chi connectivity index (χ4n) is 3.09. The number of aromatic nitrogens is 3. The molecule has 0 atom stereocenters. The summed E-state index contributed by atoms with van der Waals surface area (Å²) in [7, 11) is 0. The lowest BCUT2D eigenvalue weighted by molar-refractivity contribution is -0.137. The maximum Gasteiger partial charge on any atom is 0.416 e. The molecule has 5 nitrogen and oxygen atoms in total. The van der Waals surface area contributed by atoms with E-state index in [2.05, 4.69) is 41.0 Å². The number of hydrogen-bond donors (Lipinski definition) is 2. The third kappa shape index (κ3) is 4.65. The van der Waals surface area contributed by atoms with Crippen LogP contribution in [0.4, 0.5) is 24.8 Å². The zero-order chi connectivity index (χ0) is 23.1. The van der Waals surface area contributed by atoms with Gasteiger partial charge in [-0.15, -0.1) is 0 Å². The Morgan fingerprint density at radius 3 is 2.47 bits per heavy atom. The van der Waals surface area contributed by atoms with E-state index in [1.165, 1.54) is 6.20 Å². The minimum atomic E-state index is -4.52. The van der Waals surface area contributed by atoms with E-state index in [1.54, 1.807) is 12.1 Å². The zero-order valence-electron chi connectivity index (χ0n) is 17.5. The second kappa shape index (κ2) is 8.02. The summed E-state index contributed by atoms with van der Waals surface area (Å²) in [5.74, 6) is 0.353. The van der Waals surface area contributed by atoms with Gasteiger partial charge in [-0.25, -0.2) is 9.97 Å². The van der Waals surface area contributed by atoms with Gasteiger partial charge in [0.05, 0.1) is 21.6 Å². The van der Waals surface area contributed by atoms with Crippen LogP contribution in [-0.4, -0.2) is 15.0 Å². The zero-order valence-corrected chi connectivity index (χ0v) is 18.3. The SMILES string of the molecule is CC(C)(C)c1ccc2nc(Nc3cccnc3Oc3cc(C(F)(F)F)ccc3Cl)[nH]c2c1. The smallest absolute Gasteiger partial charge is 0.416 e. The number of H-pyrrole nitrogens is 1. The molecule has 2 aromatic carbocycles. The quantitative estimate of drug-likeness (QED) is 0.331. The van der Waals surface area contributed by atoms with Crippen molar-refractivity contribution in [3.63, 3.8) is 0 Å². The summed E-state index contributed by atoms with van der Waals surface area (Å²) < 4.78 is 44.8. The van der Waals surface area contributed by atoms with Gasteiger partial charge in [0.25, 0.3) is 0 Å². The Hall–Kier alpha value is -3.26. The standard InChI is InChI=1S/C23H20ClF3N4O/c1-22(2,3)13-7-9-16-18(11-13)31-21(29-16)30-17-5-4-10-28-20(17)32-19-12-14(23(25,26)27)6-8-15(19)24/h4-12H,1-3H3,(H2,29,30,31). The van der Waals surface area contributed by atoms with E-state index >= 15 is 0 Å². The predicted molar refractivity (Wildman–Crippen MR) is 119 cm³/mol. The second-order valence-electron chi connectivity index (χ2n) is 8.29. The molecule has 2 aromatic heterocycles. The summed E-state index contributed by atoms with van der Waals surface area (Å²) in [6.07, 6.45) is -3.05. The van der Waals surface area contributed by atoms with Crippen molar-refractivity contribution in [3.8, 4) is 11.6 Å². The first-order valence-electron chi connectivity index (χ1n) is 9.77. The number of anilines is 2. The third-order valence-electron chi connectivity index (χ3n) is 4.84. The monoisotopic (exact) mass is 460 g/mol. The van der Waals surface area contributed by atoms with E-state index in [4.69, 9.17) is 16.3 Å². The van der Waals surface area contributed by atoms with Crippen molar-refractivity contribution in [2.45, 2.75) is 32.4 Å². The molecule has 0 aliphatic heterocycles. The Bertz CT molecular complexity index is 1280. The van der Waals surface area contributed by atoms with E-state index in [1.807, 2.05) is 18.2 Å². The van der Waals surface area contributed by atoms with Crippen LogP contribution in [0.3, 0.4) is 0 Å². The number of nitrogens with zero attached hydrogens (tertiary/aromatic N) is 2. The van der Waals surface area contributed by atoms with E-state index in [0.717, 1.165) is 34.8 Å². The highest BCUT2D eigenvalue weighted by molar-refractivity contribution is 6.32. The molecular weight excluding hydrogens is 441 g/mol. The number of nitrogens with one attached hydrogen (secondary N) is 2. The van der Waals surface area contributed by atoms with Gasteiger partial charge in [-0.3, -0.25) is 0 Å². The van der Waals surface area contributed by atoms with Crippen LogP contribution in [0.25, 0.3) is 11.0 Å². The van der Waals surface area contributed by atoms with Crippen LogP contribution in [0.1, 0.15) is 31.9 Å². The largest absolute Gasteiger partial charge is 0.435 e. The van der Waals surface area contributed by atoms with Crippen LogP contribution in [0.15, 0.2) is 54.7 Å². The average Bonchev–Trinajstić information content (AvgIpc) is 3.11.